The summed E-state index contributed by atoms with van der Waals surface area (Å²) in [7, 11) is 1.65. The van der Waals surface area contributed by atoms with Gasteiger partial charge in [-0.15, -0.1) is 0 Å². The smallest absolute Gasteiger partial charge is 0.226 e. The number of hydrogen-bond acceptors (Lipinski definition) is 5. The van der Waals surface area contributed by atoms with E-state index in [4.69, 9.17) is 14.8 Å². The second-order valence-corrected chi connectivity index (χ2v) is 8.87. The Morgan fingerprint density at radius 3 is 2.93 bits per heavy atom. The number of carbonyl (C=O) groups excluding carboxylic acids is 1. The van der Waals surface area contributed by atoms with Crippen LogP contribution in [0.15, 0.2) is 46.9 Å². The number of hydrogen-bond donors (Lipinski definition) is 1. The molecule has 3 heterocycles. The Bertz CT molecular complexity index is 1260. The van der Waals surface area contributed by atoms with Gasteiger partial charge in [0, 0.05) is 22.4 Å². The molecule has 0 saturated carbocycles. The van der Waals surface area contributed by atoms with Crippen LogP contribution in [-0.4, -0.2) is 27.8 Å². The average molecular weight is 469 g/mol. The molecule has 4 aromatic rings. The molecule has 2 aromatic heterocycles. The lowest BCUT2D eigenvalue weighted by Crippen LogP contribution is -2.24. The largest absolute Gasteiger partial charge is 0.497 e. The van der Waals surface area contributed by atoms with Gasteiger partial charge >= 0.3 is 0 Å². The Kier molecular flexibility index (Phi) is 4.40. The molecule has 0 spiro atoms. The topological polar surface area (TPSA) is 69.0 Å². The summed E-state index contributed by atoms with van der Waals surface area (Å²) < 4.78 is 9.07. The van der Waals surface area contributed by atoms with E-state index in [-0.39, 0.29) is 11.8 Å². The zero-order valence-corrected chi connectivity index (χ0v) is 18.2. The highest BCUT2D eigenvalue weighted by Gasteiger charge is 2.33. The quantitative estimate of drug-likeness (QED) is 0.457. The highest BCUT2D eigenvalue weighted by Crippen LogP contribution is 2.41. The lowest BCUT2D eigenvalue weighted by molar-refractivity contribution is -0.116. The van der Waals surface area contributed by atoms with Crippen LogP contribution in [-0.2, 0) is 4.79 Å². The molecule has 0 fully saturated rings. The summed E-state index contributed by atoms with van der Waals surface area (Å²) in [6.07, 6.45) is 0.396. The van der Waals surface area contributed by atoms with Crippen LogP contribution in [0, 0.1) is 6.92 Å². The highest BCUT2D eigenvalue weighted by atomic mass is 79.9. The Morgan fingerprint density at radius 2 is 2.14 bits per heavy atom. The summed E-state index contributed by atoms with van der Waals surface area (Å²) >= 11 is 5.05. The van der Waals surface area contributed by atoms with Gasteiger partial charge in [-0.25, -0.2) is 4.98 Å². The van der Waals surface area contributed by atoms with E-state index in [2.05, 4.69) is 33.4 Å². The van der Waals surface area contributed by atoms with E-state index < -0.39 is 0 Å². The predicted octanol–water partition coefficient (Wildman–Crippen LogP) is 5.04. The zero-order chi connectivity index (χ0) is 20.1. The van der Waals surface area contributed by atoms with E-state index in [0.717, 1.165) is 37.3 Å². The van der Waals surface area contributed by atoms with Gasteiger partial charge < -0.3 is 10.1 Å². The van der Waals surface area contributed by atoms with Gasteiger partial charge in [-0.3, -0.25) is 4.79 Å². The van der Waals surface area contributed by atoms with Crippen LogP contribution in [0.2, 0.25) is 0 Å². The van der Waals surface area contributed by atoms with Gasteiger partial charge in [0.25, 0.3) is 0 Å². The number of nitrogens with one attached hydrogen (secondary N) is 1. The van der Waals surface area contributed by atoms with Crippen molar-refractivity contribution in [2.45, 2.75) is 19.3 Å². The van der Waals surface area contributed by atoms with E-state index in [0.29, 0.717) is 17.4 Å². The number of amides is 1. The fourth-order valence-corrected chi connectivity index (χ4v) is 5.17. The van der Waals surface area contributed by atoms with Crippen LogP contribution in [0.25, 0.3) is 15.3 Å². The van der Waals surface area contributed by atoms with Gasteiger partial charge in [-0.2, -0.15) is 9.78 Å². The number of rotatable bonds is 3. The van der Waals surface area contributed by atoms with Crippen molar-refractivity contribution in [2.24, 2.45) is 0 Å². The number of fused-ring (bicyclic) bond motifs is 2. The fraction of sp³-hybridized carbons (Fsp3) is 0.190. The molecule has 8 heteroatoms. The minimum absolute atomic E-state index is 0.0218. The van der Waals surface area contributed by atoms with E-state index in [1.54, 1.807) is 11.8 Å². The van der Waals surface area contributed by atoms with E-state index in [9.17, 15) is 4.79 Å². The number of aromatic nitrogens is 3. The molecule has 6 nitrogen and oxygen atoms in total. The summed E-state index contributed by atoms with van der Waals surface area (Å²) in [5, 5.41) is 8.48. The molecule has 5 rings (SSSR count). The van der Waals surface area contributed by atoms with Crippen molar-refractivity contribution in [3.63, 3.8) is 0 Å². The van der Waals surface area contributed by atoms with E-state index in [1.807, 2.05) is 37.3 Å². The number of benzene rings is 2. The number of ether oxygens (including phenoxy) is 1. The van der Waals surface area contributed by atoms with Crippen LogP contribution < -0.4 is 10.1 Å². The lowest BCUT2D eigenvalue weighted by atomic mass is 9.86. The molecule has 146 valence electrons. The monoisotopic (exact) mass is 468 g/mol. The Morgan fingerprint density at radius 1 is 1.28 bits per heavy atom. The summed E-state index contributed by atoms with van der Waals surface area (Å²) in [5.41, 5.74) is 3.90. The third-order valence-electron chi connectivity index (χ3n) is 5.12. The first kappa shape index (κ1) is 18.3. The molecular formula is C21H17BrN4O2S. The molecule has 0 aliphatic carbocycles. The van der Waals surface area contributed by atoms with Crippen LogP contribution >= 0.6 is 27.3 Å². The SMILES string of the molecule is COc1ccc2nc(-n3nc(C)c4c3NC(=O)C[C@@H]4c3cccc(Br)c3)sc2c1. The van der Waals surface area contributed by atoms with Crippen molar-refractivity contribution in [3.8, 4) is 10.9 Å². The van der Waals surface area contributed by atoms with Crippen LogP contribution in [0.3, 0.4) is 0 Å². The normalized spacial score (nSPS) is 16.0. The Hall–Kier alpha value is -2.71. The predicted molar refractivity (Wildman–Crippen MR) is 117 cm³/mol. The second kappa shape index (κ2) is 6.96. The number of methoxy groups -OCH3 is 1. The summed E-state index contributed by atoms with van der Waals surface area (Å²) in [4.78, 5) is 17.3. The van der Waals surface area contributed by atoms with Gasteiger partial charge in [0.05, 0.1) is 23.0 Å². The van der Waals surface area contributed by atoms with Crippen molar-refractivity contribution in [1.29, 1.82) is 0 Å². The zero-order valence-electron chi connectivity index (χ0n) is 15.8. The van der Waals surface area contributed by atoms with Gasteiger partial charge in [0.15, 0.2) is 0 Å². The van der Waals surface area contributed by atoms with Crippen LogP contribution in [0.4, 0.5) is 5.82 Å². The molecule has 0 radical (unpaired) electrons. The summed E-state index contributed by atoms with van der Waals surface area (Å²) in [5.74, 6) is 1.43. The molecule has 0 unspecified atom stereocenters. The van der Waals surface area contributed by atoms with Crippen molar-refractivity contribution in [2.75, 3.05) is 12.4 Å². The first-order valence-corrected chi connectivity index (χ1v) is 10.7. The maximum Gasteiger partial charge on any atom is 0.226 e. The maximum atomic E-state index is 12.5. The molecule has 0 saturated heterocycles. The third-order valence-corrected chi connectivity index (χ3v) is 6.61. The third kappa shape index (κ3) is 3.12. The van der Waals surface area contributed by atoms with Crippen molar-refractivity contribution in [3.05, 3.63) is 63.8 Å². The summed E-state index contributed by atoms with van der Waals surface area (Å²) in [6.45, 7) is 1.98. The molecule has 1 aliphatic heterocycles. The standard InChI is InChI=1S/C21H17BrN4O2S/c1-11-19-15(12-4-3-5-13(22)8-12)10-18(27)24-20(19)26(25-11)21-23-16-7-6-14(28-2)9-17(16)29-21/h3-9,15H,10H2,1-2H3,(H,24,27)/t15-/m1/s1. The molecular weight excluding hydrogens is 452 g/mol. The molecule has 0 bridgehead atoms. The van der Waals surface area contributed by atoms with Gasteiger partial charge in [-0.1, -0.05) is 39.4 Å². The first-order valence-electron chi connectivity index (χ1n) is 9.13. The van der Waals surface area contributed by atoms with Crippen LogP contribution in [0.1, 0.15) is 29.2 Å². The van der Waals surface area contributed by atoms with Gasteiger partial charge in [0.2, 0.25) is 11.0 Å². The van der Waals surface area contributed by atoms with Crippen LogP contribution in [0.5, 0.6) is 5.75 Å². The number of aryl methyl sites for hydroxylation is 1. The minimum atomic E-state index is -0.0422. The van der Waals surface area contributed by atoms with E-state index in [1.165, 1.54) is 11.3 Å². The number of carbonyl (C=O) groups is 1. The van der Waals surface area contributed by atoms with Crippen molar-refractivity contribution in [1.82, 2.24) is 14.8 Å². The van der Waals surface area contributed by atoms with Gasteiger partial charge in [0.1, 0.15) is 11.6 Å². The number of anilines is 1. The lowest BCUT2D eigenvalue weighted by Gasteiger charge is -2.24. The van der Waals surface area contributed by atoms with E-state index >= 15 is 0 Å². The fourth-order valence-electron chi connectivity index (χ4n) is 3.80. The maximum absolute atomic E-state index is 12.5. The molecule has 1 amide bonds. The molecule has 2 aromatic carbocycles. The second-order valence-electron chi connectivity index (χ2n) is 6.95. The number of nitrogens with zero attached hydrogens (tertiary/aromatic N) is 3. The highest BCUT2D eigenvalue weighted by molar-refractivity contribution is 9.10. The van der Waals surface area contributed by atoms with Crippen molar-refractivity contribution >= 4 is 49.2 Å². The molecule has 1 aliphatic rings. The minimum Gasteiger partial charge on any atom is -0.497 e. The number of thiazole rings is 1. The average Bonchev–Trinajstić information content (AvgIpc) is 3.27. The summed E-state index contributed by atoms with van der Waals surface area (Å²) in [6, 6.07) is 13.9. The first-order chi connectivity index (χ1) is 14.0. The Balaban J connectivity index is 1.66. The molecule has 29 heavy (non-hydrogen) atoms. The molecule has 1 N–H and O–H groups in total. The van der Waals surface area contributed by atoms with Crippen molar-refractivity contribution < 1.29 is 9.53 Å². The van der Waals surface area contributed by atoms with Gasteiger partial charge in [-0.05, 0) is 42.8 Å². The Labute approximate surface area is 179 Å². The number of halogens is 1. The molecule has 1 atom stereocenters.